The number of aromatic amines is 1. The van der Waals surface area contributed by atoms with Crippen molar-refractivity contribution in [3.63, 3.8) is 0 Å². The maximum absolute atomic E-state index is 5.83. The summed E-state index contributed by atoms with van der Waals surface area (Å²) in [4.78, 5) is 9.28. The molecule has 2 aliphatic rings. The summed E-state index contributed by atoms with van der Waals surface area (Å²) in [5.41, 5.74) is 2.45. The molecule has 1 atom stereocenters. The quantitative estimate of drug-likeness (QED) is 0.760. The van der Waals surface area contributed by atoms with Gasteiger partial charge in [-0.3, -0.25) is 14.9 Å². The Bertz CT molecular complexity index is 900. The molecule has 1 N–H and O–H groups in total. The minimum atomic E-state index is -0.113. The Morgan fingerprint density at radius 3 is 3.04 bits per heavy atom. The SMILES string of the molecule is Cc1noc(C2CN(C3CN(Cc4cccc5cn[nH]c45)C3)CCO2)n1. The lowest BCUT2D eigenvalue weighted by Gasteiger charge is -2.47. The van der Waals surface area contributed by atoms with Crippen molar-refractivity contribution in [3.05, 3.63) is 41.7 Å². The number of benzene rings is 1. The number of hydrogen-bond acceptors (Lipinski definition) is 7. The molecule has 0 bridgehead atoms. The third-order valence-electron chi connectivity index (χ3n) is 5.33. The molecule has 2 aliphatic heterocycles. The number of nitrogens with zero attached hydrogens (tertiary/aromatic N) is 5. The second kappa shape index (κ2) is 6.46. The molecule has 0 amide bonds. The van der Waals surface area contributed by atoms with Crippen molar-refractivity contribution < 1.29 is 9.26 Å². The summed E-state index contributed by atoms with van der Waals surface area (Å²) in [6.45, 7) is 7.40. The third-order valence-corrected chi connectivity index (χ3v) is 5.33. The van der Waals surface area contributed by atoms with Gasteiger partial charge < -0.3 is 9.26 Å². The first kappa shape index (κ1) is 15.9. The highest BCUT2D eigenvalue weighted by Gasteiger charge is 2.36. The van der Waals surface area contributed by atoms with Crippen molar-refractivity contribution in [2.45, 2.75) is 25.6 Å². The molecule has 5 rings (SSSR count). The van der Waals surface area contributed by atoms with E-state index in [0.29, 0.717) is 24.4 Å². The van der Waals surface area contributed by atoms with Gasteiger partial charge in [0.25, 0.3) is 5.89 Å². The van der Waals surface area contributed by atoms with Crippen molar-refractivity contribution in [2.75, 3.05) is 32.8 Å². The fourth-order valence-corrected chi connectivity index (χ4v) is 3.90. The minimum absolute atomic E-state index is 0.113. The Hall–Kier alpha value is -2.29. The first-order chi connectivity index (χ1) is 12.8. The molecule has 2 saturated heterocycles. The highest BCUT2D eigenvalue weighted by Crippen LogP contribution is 2.27. The van der Waals surface area contributed by atoms with Crippen LogP contribution in [0.1, 0.15) is 23.4 Å². The second-order valence-electron chi connectivity index (χ2n) is 7.13. The fourth-order valence-electron chi connectivity index (χ4n) is 3.90. The summed E-state index contributed by atoms with van der Waals surface area (Å²) >= 11 is 0. The summed E-state index contributed by atoms with van der Waals surface area (Å²) in [6, 6.07) is 6.93. The van der Waals surface area contributed by atoms with Gasteiger partial charge in [-0.05, 0) is 12.5 Å². The number of rotatable bonds is 4. The van der Waals surface area contributed by atoms with Gasteiger partial charge in [0.1, 0.15) is 6.10 Å². The molecule has 2 aromatic heterocycles. The summed E-state index contributed by atoms with van der Waals surface area (Å²) < 4.78 is 11.1. The summed E-state index contributed by atoms with van der Waals surface area (Å²) in [5, 5.41) is 12.3. The predicted molar refractivity (Wildman–Crippen MR) is 94.5 cm³/mol. The van der Waals surface area contributed by atoms with Gasteiger partial charge in [-0.1, -0.05) is 23.4 Å². The molecule has 1 unspecified atom stereocenters. The van der Waals surface area contributed by atoms with Gasteiger partial charge in [0.05, 0.1) is 18.3 Å². The molecule has 2 fully saturated rings. The van der Waals surface area contributed by atoms with Crippen LogP contribution in [0.5, 0.6) is 0 Å². The molecular formula is C18H22N6O2. The van der Waals surface area contributed by atoms with Crippen LogP contribution in [0.25, 0.3) is 10.9 Å². The molecule has 3 aromatic rings. The fraction of sp³-hybridized carbons (Fsp3) is 0.500. The number of likely N-dealkylation sites (tertiary alicyclic amines) is 1. The summed E-state index contributed by atoms with van der Waals surface area (Å²) in [7, 11) is 0. The maximum atomic E-state index is 5.83. The normalized spacial score (nSPS) is 22.7. The van der Waals surface area contributed by atoms with E-state index in [2.05, 4.69) is 48.3 Å². The van der Waals surface area contributed by atoms with E-state index in [1.165, 1.54) is 10.9 Å². The van der Waals surface area contributed by atoms with E-state index in [4.69, 9.17) is 9.26 Å². The average Bonchev–Trinajstić information content (AvgIpc) is 3.27. The molecular weight excluding hydrogens is 332 g/mol. The van der Waals surface area contributed by atoms with Gasteiger partial charge in [-0.15, -0.1) is 0 Å². The van der Waals surface area contributed by atoms with Gasteiger partial charge in [-0.25, -0.2) is 0 Å². The number of fused-ring (bicyclic) bond motifs is 1. The van der Waals surface area contributed by atoms with Crippen LogP contribution >= 0.6 is 0 Å². The van der Waals surface area contributed by atoms with E-state index in [-0.39, 0.29) is 6.10 Å². The van der Waals surface area contributed by atoms with Crippen molar-refractivity contribution in [2.24, 2.45) is 0 Å². The van der Waals surface area contributed by atoms with Crippen LogP contribution in [0, 0.1) is 6.92 Å². The second-order valence-corrected chi connectivity index (χ2v) is 7.13. The predicted octanol–water partition coefficient (Wildman–Crippen LogP) is 1.51. The van der Waals surface area contributed by atoms with Crippen molar-refractivity contribution >= 4 is 10.9 Å². The highest BCUT2D eigenvalue weighted by molar-refractivity contribution is 5.81. The van der Waals surface area contributed by atoms with E-state index in [9.17, 15) is 0 Å². The van der Waals surface area contributed by atoms with Crippen molar-refractivity contribution in [1.82, 2.24) is 30.1 Å². The van der Waals surface area contributed by atoms with Crippen molar-refractivity contribution in [1.29, 1.82) is 0 Å². The van der Waals surface area contributed by atoms with Gasteiger partial charge in [0.2, 0.25) is 0 Å². The third kappa shape index (κ3) is 2.90. The lowest BCUT2D eigenvalue weighted by Crippen LogP contribution is -2.61. The molecule has 0 aliphatic carbocycles. The summed E-state index contributed by atoms with van der Waals surface area (Å²) in [5.74, 6) is 1.25. The monoisotopic (exact) mass is 354 g/mol. The lowest BCUT2D eigenvalue weighted by molar-refractivity contribution is -0.0842. The van der Waals surface area contributed by atoms with E-state index < -0.39 is 0 Å². The topological polar surface area (TPSA) is 83.3 Å². The maximum Gasteiger partial charge on any atom is 0.257 e. The van der Waals surface area contributed by atoms with Gasteiger partial charge in [0, 0.05) is 44.2 Å². The Kier molecular flexibility index (Phi) is 3.96. The van der Waals surface area contributed by atoms with Crippen LogP contribution in [0.15, 0.2) is 28.9 Å². The first-order valence-corrected chi connectivity index (χ1v) is 9.05. The molecule has 26 heavy (non-hydrogen) atoms. The minimum Gasteiger partial charge on any atom is -0.366 e. The Labute approximate surface area is 151 Å². The largest absolute Gasteiger partial charge is 0.366 e. The van der Waals surface area contributed by atoms with E-state index in [1.807, 2.05) is 13.1 Å². The molecule has 8 heteroatoms. The Balaban J connectivity index is 1.19. The Morgan fingerprint density at radius 1 is 1.27 bits per heavy atom. The number of ether oxygens (including phenoxy) is 1. The van der Waals surface area contributed by atoms with Crippen LogP contribution in [-0.2, 0) is 11.3 Å². The van der Waals surface area contributed by atoms with Crippen LogP contribution < -0.4 is 0 Å². The number of H-pyrrole nitrogens is 1. The zero-order valence-electron chi connectivity index (χ0n) is 14.8. The first-order valence-electron chi connectivity index (χ1n) is 9.05. The molecule has 0 spiro atoms. The van der Waals surface area contributed by atoms with E-state index in [1.54, 1.807) is 0 Å². The Morgan fingerprint density at radius 2 is 2.19 bits per heavy atom. The number of morpholine rings is 1. The summed E-state index contributed by atoms with van der Waals surface area (Å²) in [6.07, 6.45) is 1.77. The van der Waals surface area contributed by atoms with Gasteiger partial charge in [0.15, 0.2) is 5.82 Å². The number of para-hydroxylation sites is 1. The highest BCUT2D eigenvalue weighted by atomic mass is 16.5. The van der Waals surface area contributed by atoms with Crippen LogP contribution in [0.4, 0.5) is 0 Å². The van der Waals surface area contributed by atoms with Gasteiger partial charge >= 0.3 is 0 Å². The molecule has 4 heterocycles. The smallest absolute Gasteiger partial charge is 0.257 e. The lowest BCUT2D eigenvalue weighted by atomic mass is 10.0. The van der Waals surface area contributed by atoms with Crippen molar-refractivity contribution in [3.8, 4) is 0 Å². The van der Waals surface area contributed by atoms with Crippen LogP contribution in [0.2, 0.25) is 0 Å². The number of aryl methyl sites for hydroxylation is 1. The molecule has 0 saturated carbocycles. The average molecular weight is 354 g/mol. The molecule has 136 valence electrons. The van der Waals surface area contributed by atoms with E-state index in [0.717, 1.165) is 38.2 Å². The van der Waals surface area contributed by atoms with Crippen LogP contribution in [0.3, 0.4) is 0 Å². The van der Waals surface area contributed by atoms with E-state index >= 15 is 0 Å². The van der Waals surface area contributed by atoms with Crippen LogP contribution in [-0.4, -0.2) is 69.0 Å². The zero-order valence-corrected chi connectivity index (χ0v) is 14.8. The molecule has 1 aromatic carbocycles. The number of aromatic nitrogens is 4. The van der Waals surface area contributed by atoms with Gasteiger partial charge in [-0.2, -0.15) is 10.1 Å². The molecule has 0 radical (unpaired) electrons. The molecule has 8 nitrogen and oxygen atoms in total. The zero-order chi connectivity index (χ0) is 17.5. The number of nitrogens with one attached hydrogen (secondary N) is 1. The number of hydrogen-bond donors (Lipinski definition) is 1. The standard InChI is InChI=1S/C18H22N6O2/c1-12-20-18(26-22-12)16-11-24(5-6-25-16)15-9-23(10-15)8-14-4-2-3-13-7-19-21-17(13)14/h2-4,7,15-16H,5-6,8-11H2,1H3,(H,19,21).